The Kier molecular flexibility index (Phi) is 8.19. The number of benzene rings is 1. The van der Waals surface area contributed by atoms with Gasteiger partial charge in [0.2, 0.25) is 5.91 Å². The molecule has 1 atom stereocenters. The summed E-state index contributed by atoms with van der Waals surface area (Å²) in [5.74, 6) is 2.05. The minimum atomic E-state index is -0.228. The van der Waals surface area contributed by atoms with Crippen LogP contribution in [0, 0.1) is 13.8 Å². The average molecular weight is 431 g/mol. The number of aryl methyl sites for hydroxylation is 2. The van der Waals surface area contributed by atoms with E-state index in [1.807, 2.05) is 23.6 Å². The summed E-state index contributed by atoms with van der Waals surface area (Å²) in [6, 6.07) is 6.42. The Morgan fingerprint density at radius 1 is 1.20 bits per heavy atom. The summed E-state index contributed by atoms with van der Waals surface area (Å²) in [6.45, 7) is 8.95. The molecule has 1 fully saturated rings. The number of amides is 1. The van der Waals surface area contributed by atoms with Crippen molar-refractivity contribution in [1.29, 1.82) is 0 Å². The average Bonchev–Trinajstić information content (AvgIpc) is 2.97. The van der Waals surface area contributed by atoms with Crippen LogP contribution >= 0.6 is 11.8 Å². The molecule has 1 aliphatic carbocycles. The Labute approximate surface area is 184 Å². The molecule has 1 aliphatic rings. The molecule has 0 radical (unpaired) electrons. The second-order valence-corrected chi connectivity index (χ2v) is 9.08. The molecule has 1 unspecified atom stereocenters. The van der Waals surface area contributed by atoms with Crippen molar-refractivity contribution in [2.24, 2.45) is 0 Å². The van der Waals surface area contributed by atoms with Crippen molar-refractivity contribution in [1.82, 2.24) is 20.1 Å². The molecular weight excluding hydrogens is 396 g/mol. The van der Waals surface area contributed by atoms with E-state index >= 15 is 0 Å². The molecule has 1 heterocycles. The van der Waals surface area contributed by atoms with Gasteiger partial charge in [-0.3, -0.25) is 4.79 Å². The number of rotatable bonds is 8. The molecule has 1 aromatic carbocycles. The lowest BCUT2D eigenvalue weighted by Crippen LogP contribution is -2.35. The van der Waals surface area contributed by atoms with Crippen LogP contribution in [0.4, 0.5) is 0 Å². The Hall–Kier alpha value is -2.02. The number of aromatic nitrogens is 3. The maximum atomic E-state index is 12.4. The van der Waals surface area contributed by atoms with Crippen LogP contribution < -0.4 is 10.1 Å². The molecule has 0 aliphatic heterocycles. The van der Waals surface area contributed by atoms with Gasteiger partial charge < -0.3 is 14.6 Å². The Balaban J connectivity index is 1.58. The fourth-order valence-electron chi connectivity index (χ4n) is 3.87. The van der Waals surface area contributed by atoms with Crippen LogP contribution in [0.1, 0.15) is 75.4 Å². The van der Waals surface area contributed by atoms with Crippen LogP contribution in [-0.4, -0.2) is 32.5 Å². The number of carbonyl (C=O) groups excluding carboxylic acids is 1. The summed E-state index contributed by atoms with van der Waals surface area (Å²) in [5.41, 5.74) is 2.44. The summed E-state index contributed by atoms with van der Waals surface area (Å²) in [6.07, 6.45) is 6.96. The third kappa shape index (κ3) is 6.00. The molecule has 1 saturated carbocycles. The maximum Gasteiger partial charge on any atom is 0.230 e. The Morgan fingerprint density at radius 2 is 1.93 bits per heavy atom. The number of nitrogens with one attached hydrogen (secondary N) is 1. The van der Waals surface area contributed by atoms with Crippen molar-refractivity contribution in [3.63, 3.8) is 0 Å². The summed E-state index contributed by atoms with van der Waals surface area (Å²) >= 11 is 1.44. The number of thioether (sulfide) groups is 1. The number of hydrogen-bond donors (Lipinski definition) is 1. The molecule has 164 valence electrons. The molecule has 1 N–H and O–H groups in total. The van der Waals surface area contributed by atoms with Gasteiger partial charge in [-0.2, -0.15) is 0 Å². The third-order valence-corrected chi connectivity index (χ3v) is 6.74. The SMILES string of the molecule is CCn1c(SCC(=O)NC2CCCCCC2)nnc1C(C)Oc1ccc(C)c(C)c1. The standard InChI is InChI=1S/C23H34N4O2S/c1-5-27-22(18(4)29-20-13-12-16(2)17(3)14-20)25-26-23(27)30-15-21(28)24-19-10-8-6-7-9-11-19/h12-14,18-19H,5-11,15H2,1-4H3,(H,24,28). The Bertz CT molecular complexity index is 844. The van der Waals surface area contributed by atoms with E-state index in [4.69, 9.17) is 4.74 Å². The molecular formula is C23H34N4O2S. The van der Waals surface area contributed by atoms with E-state index in [9.17, 15) is 4.79 Å². The first kappa shape index (κ1) is 22.7. The monoisotopic (exact) mass is 430 g/mol. The van der Waals surface area contributed by atoms with Crippen molar-refractivity contribution in [3.8, 4) is 5.75 Å². The predicted molar refractivity (Wildman–Crippen MR) is 121 cm³/mol. The first-order valence-electron chi connectivity index (χ1n) is 11.1. The van der Waals surface area contributed by atoms with Gasteiger partial charge >= 0.3 is 0 Å². The minimum Gasteiger partial charge on any atom is -0.483 e. The van der Waals surface area contributed by atoms with Gasteiger partial charge in [-0.05, 0) is 63.8 Å². The van der Waals surface area contributed by atoms with Gasteiger partial charge in [0.25, 0.3) is 0 Å². The largest absolute Gasteiger partial charge is 0.483 e. The van der Waals surface area contributed by atoms with E-state index in [0.29, 0.717) is 11.8 Å². The van der Waals surface area contributed by atoms with E-state index in [2.05, 4.69) is 42.4 Å². The molecule has 1 amide bonds. The van der Waals surface area contributed by atoms with Crippen LogP contribution in [0.5, 0.6) is 5.75 Å². The minimum absolute atomic E-state index is 0.0820. The highest BCUT2D eigenvalue weighted by molar-refractivity contribution is 7.99. The van der Waals surface area contributed by atoms with Crippen LogP contribution in [-0.2, 0) is 11.3 Å². The van der Waals surface area contributed by atoms with Crippen molar-refractivity contribution in [2.45, 2.75) is 90.1 Å². The first-order chi connectivity index (χ1) is 14.5. The molecule has 30 heavy (non-hydrogen) atoms. The summed E-state index contributed by atoms with van der Waals surface area (Å²) < 4.78 is 8.16. The number of hydrogen-bond acceptors (Lipinski definition) is 5. The van der Waals surface area contributed by atoms with Crippen molar-refractivity contribution >= 4 is 17.7 Å². The predicted octanol–water partition coefficient (Wildman–Crippen LogP) is 4.99. The van der Waals surface area contributed by atoms with Gasteiger partial charge in [-0.25, -0.2) is 0 Å². The van der Waals surface area contributed by atoms with Crippen LogP contribution in [0.3, 0.4) is 0 Å². The number of ether oxygens (including phenoxy) is 1. The van der Waals surface area contributed by atoms with Crippen LogP contribution in [0.2, 0.25) is 0 Å². The highest BCUT2D eigenvalue weighted by Crippen LogP contribution is 2.26. The maximum absolute atomic E-state index is 12.4. The van der Waals surface area contributed by atoms with E-state index in [0.717, 1.165) is 36.1 Å². The van der Waals surface area contributed by atoms with Gasteiger partial charge in [-0.15, -0.1) is 10.2 Å². The van der Waals surface area contributed by atoms with E-state index < -0.39 is 0 Å². The summed E-state index contributed by atoms with van der Waals surface area (Å²) in [7, 11) is 0. The zero-order valence-corrected chi connectivity index (χ0v) is 19.4. The fraction of sp³-hybridized carbons (Fsp3) is 0.609. The lowest BCUT2D eigenvalue weighted by molar-refractivity contribution is -0.119. The lowest BCUT2D eigenvalue weighted by Gasteiger charge is -2.17. The molecule has 0 spiro atoms. The molecule has 0 bridgehead atoms. The molecule has 1 aromatic heterocycles. The molecule has 2 aromatic rings. The van der Waals surface area contributed by atoms with Crippen LogP contribution in [0.25, 0.3) is 0 Å². The summed E-state index contributed by atoms with van der Waals surface area (Å²) in [5, 5.41) is 12.7. The second kappa shape index (κ2) is 10.8. The van der Waals surface area contributed by atoms with Gasteiger partial charge in [0.05, 0.1) is 5.75 Å². The fourth-order valence-corrected chi connectivity index (χ4v) is 4.69. The van der Waals surface area contributed by atoms with Gasteiger partial charge in [0.15, 0.2) is 17.1 Å². The second-order valence-electron chi connectivity index (χ2n) is 8.14. The zero-order chi connectivity index (χ0) is 21.5. The van der Waals surface area contributed by atoms with E-state index in [-0.39, 0.29) is 12.0 Å². The van der Waals surface area contributed by atoms with Gasteiger partial charge in [0, 0.05) is 12.6 Å². The van der Waals surface area contributed by atoms with Crippen LogP contribution in [0.15, 0.2) is 23.4 Å². The third-order valence-electron chi connectivity index (χ3n) is 5.77. The molecule has 0 saturated heterocycles. The highest BCUT2D eigenvalue weighted by Gasteiger charge is 2.20. The van der Waals surface area contributed by atoms with E-state index in [1.165, 1.54) is 48.6 Å². The topological polar surface area (TPSA) is 69.0 Å². The van der Waals surface area contributed by atoms with Gasteiger partial charge in [-0.1, -0.05) is 43.5 Å². The highest BCUT2D eigenvalue weighted by atomic mass is 32.2. The van der Waals surface area contributed by atoms with E-state index in [1.54, 1.807) is 0 Å². The lowest BCUT2D eigenvalue weighted by atomic mass is 10.1. The quantitative estimate of drug-likeness (QED) is 0.472. The van der Waals surface area contributed by atoms with Crippen molar-refractivity contribution in [3.05, 3.63) is 35.2 Å². The normalized spacial score (nSPS) is 16.1. The first-order valence-corrected chi connectivity index (χ1v) is 12.1. The Morgan fingerprint density at radius 3 is 2.60 bits per heavy atom. The van der Waals surface area contributed by atoms with Crippen molar-refractivity contribution in [2.75, 3.05) is 5.75 Å². The summed E-state index contributed by atoms with van der Waals surface area (Å²) in [4.78, 5) is 12.4. The number of nitrogens with zero attached hydrogens (tertiary/aromatic N) is 3. The molecule has 6 nitrogen and oxygen atoms in total. The molecule has 3 rings (SSSR count). The van der Waals surface area contributed by atoms with Gasteiger partial charge in [0.1, 0.15) is 5.75 Å². The number of carbonyl (C=O) groups is 1. The molecule has 7 heteroatoms. The zero-order valence-electron chi connectivity index (χ0n) is 18.6. The smallest absolute Gasteiger partial charge is 0.230 e. The van der Waals surface area contributed by atoms with Crippen molar-refractivity contribution < 1.29 is 9.53 Å².